The maximum absolute atomic E-state index is 12.7. The van der Waals surface area contributed by atoms with Gasteiger partial charge < -0.3 is 10.1 Å². The molecule has 0 atom stereocenters. The highest BCUT2D eigenvalue weighted by atomic mass is 16.4. The number of nitrogens with zero attached hydrogens (tertiary/aromatic N) is 2. The summed E-state index contributed by atoms with van der Waals surface area (Å²) in [6.07, 6.45) is 1.67. The molecule has 2 N–H and O–H groups in total. The monoisotopic (exact) mass is 347 g/mol. The lowest BCUT2D eigenvalue weighted by Crippen LogP contribution is -2.13. The van der Waals surface area contributed by atoms with E-state index in [2.05, 4.69) is 10.1 Å². The number of carbonyl (C=O) groups is 1. The fourth-order valence-corrected chi connectivity index (χ4v) is 3.31. The number of H-pyrrole nitrogens is 1. The van der Waals surface area contributed by atoms with E-state index in [4.69, 9.17) is 0 Å². The molecule has 0 fully saturated rings. The molecule has 0 bridgehead atoms. The zero-order chi connectivity index (χ0) is 18.4. The third kappa shape index (κ3) is 2.47. The number of aromatic nitrogens is 3. The normalized spacial score (nSPS) is 11.5. The molecule has 0 aliphatic rings. The number of carboxylic acid groups (broad SMARTS) is 1. The van der Waals surface area contributed by atoms with Crippen LogP contribution < -0.4 is 5.56 Å². The number of benzene rings is 2. The Bertz CT molecular complexity index is 1220. The van der Waals surface area contributed by atoms with E-state index in [1.807, 2.05) is 56.3 Å². The van der Waals surface area contributed by atoms with Gasteiger partial charge in [0.2, 0.25) is 0 Å². The van der Waals surface area contributed by atoms with Crippen molar-refractivity contribution < 1.29 is 9.90 Å². The number of aromatic carboxylic acids is 1. The Hall–Kier alpha value is -3.41. The lowest BCUT2D eigenvalue weighted by atomic mass is 10.0. The van der Waals surface area contributed by atoms with E-state index in [0.29, 0.717) is 11.3 Å². The first-order chi connectivity index (χ1) is 12.5. The zero-order valence-corrected chi connectivity index (χ0v) is 14.4. The van der Waals surface area contributed by atoms with Gasteiger partial charge in [0, 0.05) is 11.1 Å². The topological polar surface area (TPSA) is 87.5 Å². The van der Waals surface area contributed by atoms with Crippen molar-refractivity contribution >= 4 is 22.3 Å². The predicted molar refractivity (Wildman–Crippen MR) is 99.8 cm³/mol. The average molecular weight is 347 g/mol. The maximum atomic E-state index is 12.7. The minimum atomic E-state index is -1.14. The molecule has 4 rings (SSSR count). The molecule has 26 heavy (non-hydrogen) atoms. The van der Waals surface area contributed by atoms with Crippen LogP contribution >= 0.6 is 0 Å². The van der Waals surface area contributed by atoms with Crippen molar-refractivity contribution in [2.24, 2.45) is 0 Å². The average Bonchev–Trinajstić information content (AvgIpc) is 3.02. The predicted octanol–water partition coefficient (Wildman–Crippen LogP) is 3.66. The summed E-state index contributed by atoms with van der Waals surface area (Å²) >= 11 is 0. The highest BCUT2D eigenvalue weighted by molar-refractivity contribution is 5.90. The maximum Gasteiger partial charge on any atom is 0.356 e. The van der Waals surface area contributed by atoms with Crippen molar-refractivity contribution in [2.75, 3.05) is 0 Å². The van der Waals surface area contributed by atoms with E-state index >= 15 is 0 Å². The van der Waals surface area contributed by atoms with Crippen molar-refractivity contribution in [1.29, 1.82) is 0 Å². The van der Waals surface area contributed by atoms with Gasteiger partial charge in [-0.1, -0.05) is 50.2 Å². The van der Waals surface area contributed by atoms with E-state index in [9.17, 15) is 14.7 Å². The molecule has 0 spiro atoms. The van der Waals surface area contributed by atoms with Crippen LogP contribution in [0, 0.1) is 0 Å². The van der Waals surface area contributed by atoms with E-state index in [0.717, 1.165) is 16.3 Å². The van der Waals surface area contributed by atoms with Gasteiger partial charge in [0.15, 0.2) is 5.69 Å². The lowest BCUT2D eigenvalue weighted by molar-refractivity contribution is 0.0688. The molecular formula is C20H17N3O3. The molecule has 6 nitrogen and oxygen atoms in total. The molecule has 2 heterocycles. The molecule has 0 aliphatic carbocycles. The molecule has 6 heteroatoms. The van der Waals surface area contributed by atoms with E-state index < -0.39 is 5.97 Å². The number of aromatic amines is 1. The Kier molecular flexibility index (Phi) is 3.61. The minimum absolute atomic E-state index is 0.0823. The summed E-state index contributed by atoms with van der Waals surface area (Å²) in [6, 6.07) is 13.8. The van der Waals surface area contributed by atoms with Gasteiger partial charge in [-0.15, -0.1) is 0 Å². The standard InChI is InChI=1S/C20H17N3O3/c1-11(2)16-17(20(25)26)22-23-10-15(21-19(24)18(16)23)14-8-7-12-5-3-4-6-13(12)9-14/h3-11H,1-2H3,(H,21,24)(H,25,26). The first-order valence-electron chi connectivity index (χ1n) is 8.33. The summed E-state index contributed by atoms with van der Waals surface area (Å²) in [4.78, 5) is 27.1. The van der Waals surface area contributed by atoms with Crippen molar-refractivity contribution in [3.05, 3.63) is 70.3 Å². The molecule has 130 valence electrons. The van der Waals surface area contributed by atoms with Crippen LogP contribution in [0.1, 0.15) is 35.8 Å². The van der Waals surface area contributed by atoms with E-state index in [1.165, 1.54) is 4.52 Å². The van der Waals surface area contributed by atoms with Gasteiger partial charge in [-0.3, -0.25) is 4.79 Å². The molecule has 2 aromatic heterocycles. The number of rotatable bonds is 3. The van der Waals surface area contributed by atoms with E-state index in [-0.39, 0.29) is 22.7 Å². The van der Waals surface area contributed by atoms with Crippen LogP contribution in [0.25, 0.3) is 27.5 Å². The van der Waals surface area contributed by atoms with Gasteiger partial charge >= 0.3 is 5.97 Å². The zero-order valence-electron chi connectivity index (χ0n) is 14.4. The van der Waals surface area contributed by atoms with Crippen LogP contribution in [0.5, 0.6) is 0 Å². The van der Waals surface area contributed by atoms with Crippen molar-refractivity contribution in [1.82, 2.24) is 14.6 Å². The Morgan fingerprint density at radius 3 is 2.58 bits per heavy atom. The highest BCUT2D eigenvalue weighted by Gasteiger charge is 2.23. The molecule has 0 saturated heterocycles. The van der Waals surface area contributed by atoms with Gasteiger partial charge in [0.05, 0.1) is 11.9 Å². The lowest BCUT2D eigenvalue weighted by Gasteiger charge is -2.06. The van der Waals surface area contributed by atoms with Crippen LogP contribution in [0.15, 0.2) is 53.5 Å². The second kappa shape index (κ2) is 5.84. The van der Waals surface area contributed by atoms with Gasteiger partial charge in [0.25, 0.3) is 5.56 Å². The largest absolute Gasteiger partial charge is 0.476 e. The molecule has 0 unspecified atom stereocenters. The molecule has 2 aromatic carbocycles. The molecule has 0 radical (unpaired) electrons. The Morgan fingerprint density at radius 2 is 1.88 bits per heavy atom. The Morgan fingerprint density at radius 1 is 1.15 bits per heavy atom. The summed E-state index contributed by atoms with van der Waals surface area (Å²) in [6.45, 7) is 3.69. The van der Waals surface area contributed by atoms with Crippen LogP contribution in [-0.4, -0.2) is 25.7 Å². The Labute approximate surface area is 148 Å². The van der Waals surface area contributed by atoms with Crippen LogP contribution in [0.3, 0.4) is 0 Å². The van der Waals surface area contributed by atoms with Crippen LogP contribution in [0.4, 0.5) is 0 Å². The first-order valence-corrected chi connectivity index (χ1v) is 8.33. The third-order valence-corrected chi connectivity index (χ3v) is 4.50. The summed E-state index contributed by atoms with van der Waals surface area (Å²) in [5.74, 6) is -1.27. The number of carboxylic acids is 1. The summed E-state index contributed by atoms with van der Waals surface area (Å²) < 4.78 is 1.38. The number of hydrogen-bond donors (Lipinski definition) is 2. The molecule has 4 aromatic rings. The van der Waals surface area contributed by atoms with Crippen LogP contribution in [0.2, 0.25) is 0 Å². The van der Waals surface area contributed by atoms with Gasteiger partial charge in [-0.05, 0) is 22.8 Å². The molecule has 0 aliphatic heterocycles. The summed E-state index contributed by atoms with van der Waals surface area (Å²) in [7, 11) is 0. The Balaban J connectivity index is 1.97. The first kappa shape index (κ1) is 16.1. The third-order valence-electron chi connectivity index (χ3n) is 4.50. The SMILES string of the molecule is CC(C)c1c(C(=O)O)nn2cc(-c3ccc4ccccc4c3)[nH]c(=O)c12. The second-order valence-corrected chi connectivity index (χ2v) is 6.57. The number of fused-ring (bicyclic) bond motifs is 2. The van der Waals surface area contributed by atoms with Gasteiger partial charge in [0.1, 0.15) is 5.52 Å². The number of hydrogen-bond acceptors (Lipinski definition) is 3. The van der Waals surface area contributed by atoms with Crippen molar-refractivity contribution in [3.63, 3.8) is 0 Å². The quantitative estimate of drug-likeness (QED) is 0.592. The molecule has 0 amide bonds. The van der Waals surface area contributed by atoms with E-state index in [1.54, 1.807) is 6.20 Å². The number of nitrogens with one attached hydrogen (secondary N) is 1. The second-order valence-electron chi connectivity index (χ2n) is 6.57. The fourth-order valence-electron chi connectivity index (χ4n) is 3.31. The molecule has 0 saturated carbocycles. The van der Waals surface area contributed by atoms with Gasteiger partial charge in [-0.2, -0.15) is 5.10 Å². The van der Waals surface area contributed by atoms with Crippen molar-refractivity contribution in [2.45, 2.75) is 19.8 Å². The smallest absolute Gasteiger partial charge is 0.356 e. The van der Waals surface area contributed by atoms with Gasteiger partial charge in [-0.25, -0.2) is 9.31 Å². The molecular weight excluding hydrogens is 330 g/mol. The highest BCUT2D eigenvalue weighted by Crippen LogP contribution is 2.26. The van der Waals surface area contributed by atoms with Crippen LogP contribution in [-0.2, 0) is 0 Å². The van der Waals surface area contributed by atoms with Crippen molar-refractivity contribution in [3.8, 4) is 11.3 Å². The minimum Gasteiger partial charge on any atom is -0.476 e. The summed E-state index contributed by atoms with van der Waals surface area (Å²) in [5, 5.41) is 15.7. The fraction of sp³-hybridized carbons (Fsp3) is 0.150. The summed E-state index contributed by atoms with van der Waals surface area (Å²) in [5.41, 5.74) is 1.72.